The Morgan fingerprint density at radius 3 is 2.22 bits per heavy atom. The Labute approximate surface area is 106 Å². The molecule has 104 valence electrons. The van der Waals surface area contributed by atoms with Crippen molar-refractivity contribution in [1.29, 1.82) is 0 Å². The van der Waals surface area contributed by atoms with Crippen LogP contribution in [-0.4, -0.2) is 35.0 Å². The van der Waals surface area contributed by atoms with E-state index in [9.17, 15) is 19.7 Å². The van der Waals surface area contributed by atoms with E-state index in [4.69, 9.17) is 5.11 Å². The Kier molecular flexibility index (Phi) is 9.75. The first kappa shape index (κ1) is 16.5. The molecular formula is C11H20N2O5. The molecule has 2 N–H and O–H groups in total. The number of hydrogen-bond donors (Lipinski definition) is 2. The van der Waals surface area contributed by atoms with Gasteiger partial charge in [0, 0.05) is 6.42 Å². The van der Waals surface area contributed by atoms with Gasteiger partial charge in [-0.3, -0.25) is 14.9 Å². The minimum absolute atomic E-state index is 0.0292. The quantitative estimate of drug-likeness (QED) is 0.328. The van der Waals surface area contributed by atoms with Crippen LogP contribution in [0.5, 0.6) is 0 Å². The summed E-state index contributed by atoms with van der Waals surface area (Å²) >= 11 is 0. The van der Waals surface area contributed by atoms with E-state index in [0.717, 1.165) is 25.8 Å². The molecular weight excluding hydrogens is 240 g/mol. The third kappa shape index (κ3) is 11.0. The minimum atomic E-state index is -0.939. The van der Waals surface area contributed by atoms with Crippen molar-refractivity contribution >= 4 is 11.9 Å². The van der Waals surface area contributed by atoms with E-state index in [1.165, 1.54) is 0 Å². The molecule has 0 radical (unpaired) electrons. The van der Waals surface area contributed by atoms with E-state index in [0.29, 0.717) is 19.4 Å². The number of carboxylic acid groups (broad SMARTS) is 1. The van der Waals surface area contributed by atoms with Crippen LogP contribution >= 0.6 is 0 Å². The molecule has 0 aromatic rings. The number of nitrogens with zero attached hydrogens (tertiary/aromatic N) is 1. The monoisotopic (exact) mass is 260 g/mol. The molecule has 0 aromatic carbocycles. The van der Waals surface area contributed by atoms with Crippen molar-refractivity contribution in [2.45, 2.75) is 44.9 Å². The van der Waals surface area contributed by atoms with E-state index in [1.807, 2.05) is 0 Å². The lowest BCUT2D eigenvalue weighted by atomic mass is 10.1. The van der Waals surface area contributed by atoms with Crippen molar-refractivity contribution in [3.05, 3.63) is 10.1 Å². The predicted octanol–water partition coefficient (Wildman–Crippen LogP) is 1.19. The van der Waals surface area contributed by atoms with Crippen molar-refractivity contribution in [2.75, 3.05) is 13.1 Å². The first-order chi connectivity index (χ1) is 8.54. The second kappa shape index (κ2) is 10.6. The molecule has 0 fully saturated rings. The van der Waals surface area contributed by atoms with Crippen molar-refractivity contribution in [3.8, 4) is 0 Å². The number of rotatable bonds is 11. The van der Waals surface area contributed by atoms with Gasteiger partial charge in [0.05, 0.1) is 6.42 Å². The largest absolute Gasteiger partial charge is 0.481 e. The molecule has 0 aliphatic carbocycles. The maximum Gasteiger partial charge on any atom is 0.444 e. The van der Waals surface area contributed by atoms with E-state index in [-0.39, 0.29) is 12.8 Å². The lowest BCUT2D eigenvalue weighted by Crippen LogP contribution is -2.19. The van der Waals surface area contributed by atoms with Crippen molar-refractivity contribution < 1.29 is 19.6 Å². The normalized spacial score (nSPS) is 10.2. The maximum absolute atomic E-state index is 10.6. The first-order valence-electron chi connectivity index (χ1n) is 6.13. The zero-order valence-electron chi connectivity index (χ0n) is 10.4. The summed E-state index contributed by atoms with van der Waals surface area (Å²) in [6.07, 6.45) is 4.17. The summed E-state index contributed by atoms with van der Waals surface area (Å²) in [4.78, 5) is 30.0. The Bertz CT molecular complexity index is 281. The highest BCUT2D eigenvalue weighted by Crippen LogP contribution is 2.02. The Morgan fingerprint density at radius 1 is 1.00 bits per heavy atom. The van der Waals surface area contributed by atoms with Gasteiger partial charge in [0.2, 0.25) is 0 Å². The number of carbonyl (C=O) groups excluding carboxylic acids is 1. The third-order valence-corrected chi connectivity index (χ3v) is 2.44. The lowest BCUT2D eigenvalue weighted by molar-refractivity contribution is -0.402. The fourth-order valence-electron chi connectivity index (χ4n) is 1.46. The summed E-state index contributed by atoms with van der Waals surface area (Å²) in [6, 6.07) is 0. The van der Waals surface area contributed by atoms with Crippen LogP contribution in [0.2, 0.25) is 0 Å². The molecule has 7 nitrogen and oxygen atoms in total. The number of hydrogen-bond acceptors (Lipinski definition) is 5. The van der Waals surface area contributed by atoms with Gasteiger partial charge >= 0.3 is 11.9 Å². The van der Waals surface area contributed by atoms with Gasteiger partial charge in [0.1, 0.15) is 4.92 Å². The van der Waals surface area contributed by atoms with Crippen molar-refractivity contribution in [2.24, 2.45) is 0 Å². The fraction of sp³-hybridized carbons (Fsp3) is 0.818. The molecule has 0 aliphatic heterocycles. The summed E-state index contributed by atoms with van der Waals surface area (Å²) < 4.78 is 0. The molecule has 1 amide bonds. The maximum atomic E-state index is 10.6. The molecule has 0 aliphatic rings. The lowest BCUT2D eigenvalue weighted by Gasteiger charge is -2.02. The van der Waals surface area contributed by atoms with Gasteiger partial charge < -0.3 is 10.4 Å². The topological polar surface area (TPSA) is 110 Å². The SMILES string of the molecule is O=C(O)CCCCCCNCCCC(=O)[N+](=O)[O-]. The molecule has 7 heteroatoms. The van der Waals surface area contributed by atoms with Gasteiger partial charge in [-0.15, -0.1) is 0 Å². The summed E-state index contributed by atoms with van der Waals surface area (Å²) in [5.74, 6) is -1.70. The van der Waals surface area contributed by atoms with Crippen molar-refractivity contribution in [1.82, 2.24) is 5.32 Å². The first-order valence-corrected chi connectivity index (χ1v) is 6.13. The molecule has 0 heterocycles. The number of nitrogens with one attached hydrogen (secondary N) is 1. The van der Waals surface area contributed by atoms with Crippen LogP contribution < -0.4 is 5.32 Å². The number of aliphatic carboxylic acids is 1. The molecule has 0 saturated heterocycles. The standard InChI is InChI=1S/C11H20N2O5/c14-10(13(17)18)6-5-9-12-8-4-2-1-3-7-11(15)16/h12H,1-9H2,(H,15,16). The summed E-state index contributed by atoms with van der Waals surface area (Å²) in [7, 11) is 0. The third-order valence-electron chi connectivity index (χ3n) is 2.44. The number of unbranched alkanes of at least 4 members (excludes halogenated alkanes) is 3. The number of carbonyl (C=O) groups is 2. The zero-order chi connectivity index (χ0) is 13.8. The van der Waals surface area contributed by atoms with E-state index < -0.39 is 16.8 Å². The Hall–Kier alpha value is -1.50. The average molecular weight is 260 g/mol. The van der Waals surface area contributed by atoms with E-state index in [2.05, 4.69) is 5.32 Å². The van der Waals surface area contributed by atoms with Gasteiger partial charge in [-0.2, -0.15) is 0 Å². The van der Waals surface area contributed by atoms with Gasteiger partial charge in [-0.05, 0) is 32.4 Å². The Balaban J connectivity index is 3.14. The molecule has 0 atom stereocenters. The highest BCUT2D eigenvalue weighted by Gasteiger charge is 2.12. The van der Waals surface area contributed by atoms with Crippen LogP contribution in [0.4, 0.5) is 0 Å². The fourth-order valence-corrected chi connectivity index (χ4v) is 1.46. The van der Waals surface area contributed by atoms with Crippen LogP contribution in [0.1, 0.15) is 44.9 Å². The van der Waals surface area contributed by atoms with Crippen LogP contribution in [-0.2, 0) is 9.59 Å². The van der Waals surface area contributed by atoms with Crippen LogP contribution in [0.25, 0.3) is 0 Å². The van der Waals surface area contributed by atoms with Gasteiger partial charge in [0.15, 0.2) is 0 Å². The molecule has 0 bridgehead atoms. The summed E-state index contributed by atoms with van der Waals surface area (Å²) in [5, 5.41) is 21.5. The van der Waals surface area contributed by atoms with Gasteiger partial charge in [0.25, 0.3) is 0 Å². The molecule has 0 unspecified atom stereocenters. The van der Waals surface area contributed by atoms with E-state index in [1.54, 1.807) is 0 Å². The molecule has 0 spiro atoms. The Morgan fingerprint density at radius 2 is 1.61 bits per heavy atom. The second-order valence-corrected chi connectivity index (χ2v) is 4.06. The number of carboxylic acids is 1. The van der Waals surface area contributed by atoms with Gasteiger partial charge in [-0.1, -0.05) is 12.8 Å². The zero-order valence-corrected chi connectivity index (χ0v) is 10.4. The minimum Gasteiger partial charge on any atom is -0.481 e. The highest BCUT2D eigenvalue weighted by atomic mass is 16.6. The number of amides is 1. The smallest absolute Gasteiger partial charge is 0.444 e. The molecule has 0 saturated carbocycles. The predicted molar refractivity (Wildman–Crippen MR) is 64.8 cm³/mol. The molecule has 0 rings (SSSR count). The highest BCUT2D eigenvalue weighted by molar-refractivity contribution is 5.67. The van der Waals surface area contributed by atoms with Gasteiger partial charge in [-0.25, -0.2) is 4.79 Å². The van der Waals surface area contributed by atoms with Crippen LogP contribution in [0, 0.1) is 10.1 Å². The molecule has 18 heavy (non-hydrogen) atoms. The summed E-state index contributed by atoms with van der Waals surface area (Å²) in [5.41, 5.74) is 0. The van der Waals surface area contributed by atoms with E-state index >= 15 is 0 Å². The molecule has 0 aromatic heterocycles. The van der Waals surface area contributed by atoms with Crippen LogP contribution in [0.3, 0.4) is 0 Å². The number of nitro groups is 1. The van der Waals surface area contributed by atoms with Crippen LogP contribution in [0.15, 0.2) is 0 Å². The van der Waals surface area contributed by atoms with Crippen molar-refractivity contribution in [3.63, 3.8) is 0 Å². The summed E-state index contributed by atoms with van der Waals surface area (Å²) in [6.45, 7) is 1.38. The average Bonchev–Trinajstić information content (AvgIpc) is 2.30. The second-order valence-electron chi connectivity index (χ2n) is 4.06.